The predicted molar refractivity (Wildman–Crippen MR) is 87.8 cm³/mol. The summed E-state index contributed by atoms with van der Waals surface area (Å²) in [6, 6.07) is 7.05. The number of carbonyl (C=O) groups excluding carboxylic acids is 1. The van der Waals surface area contributed by atoms with Crippen molar-refractivity contribution in [1.29, 1.82) is 0 Å². The van der Waals surface area contributed by atoms with Gasteiger partial charge in [-0.15, -0.1) is 0 Å². The van der Waals surface area contributed by atoms with Crippen molar-refractivity contribution in [1.82, 2.24) is 15.3 Å². The van der Waals surface area contributed by atoms with Crippen LogP contribution < -0.4 is 10.6 Å². The van der Waals surface area contributed by atoms with Gasteiger partial charge in [0.25, 0.3) is 0 Å². The van der Waals surface area contributed by atoms with Crippen LogP contribution >= 0.6 is 0 Å². The molecule has 7 nitrogen and oxygen atoms in total. The number of nitrogens with one attached hydrogen (secondary N) is 3. The molecule has 0 bridgehead atoms. The topological polar surface area (TPSA) is 104 Å². The summed E-state index contributed by atoms with van der Waals surface area (Å²) in [5.74, 6) is 0.373. The van der Waals surface area contributed by atoms with Crippen LogP contribution in [0, 0.1) is 5.92 Å². The second-order valence-electron chi connectivity index (χ2n) is 5.65. The Hall–Kier alpha value is -2.35. The highest BCUT2D eigenvalue weighted by Crippen LogP contribution is 2.20. The van der Waals surface area contributed by atoms with Crippen LogP contribution in [0.3, 0.4) is 0 Å². The first-order valence-corrected chi connectivity index (χ1v) is 9.18. The molecule has 1 fully saturated rings. The molecule has 0 aliphatic carbocycles. The summed E-state index contributed by atoms with van der Waals surface area (Å²) in [5.41, 5.74) is 2.45. The number of anilines is 1. The van der Waals surface area contributed by atoms with E-state index >= 15 is 0 Å². The molecule has 1 aromatic carbocycles. The second-order valence-corrected chi connectivity index (χ2v) is 7.88. The number of nitrogens with zero attached hydrogens (tertiary/aromatic N) is 1. The van der Waals surface area contributed by atoms with E-state index < -0.39 is 9.84 Å². The third kappa shape index (κ3) is 4.10. The molecular weight excluding hydrogens is 316 g/mol. The van der Waals surface area contributed by atoms with Crippen molar-refractivity contribution in [3.8, 4) is 11.3 Å². The summed E-state index contributed by atoms with van der Waals surface area (Å²) < 4.78 is 22.8. The number of aromatic amines is 1. The summed E-state index contributed by atoms with van der Waals surface area (Å²) in [4.78, 5) is 18.9. The van der Waals surface area contributed by atoms with Gasteiger partial charge in [-0.3, -0.25) is 0 Å². The first kappa shape index (κ1) is 15.5. The van der Waals surface area contributed by atoms with E-state index in [1.54, 1.807) is 18.6 Å². The van der Waals surface area contributed by atoms with Crippen molar-refractivity contribution in [3.05, 3.63) is 36.8 Å². The van der Waals surface area contributed by atoms with Gasteiger partial charge in [-0.05, 0) is 24.5 Å². The van der Waals surface area contributed by atoms with E-state index in [1.165, 1.54) is 0 Å². The Kier molecular flexibility index (Phi) is 4.33. The Morgan fingerprint density at radius 3 is 2.96 bits per heavy atom. The van der Waals surface area contributed by atoms with Crippen molar-refractivity contribution in [2.45, 2.75) is 6.42 Å². The molecule has 1 saturated heterocycles. The van der Waals surface area contributed by atoms with Gasteiger partial charge in [0.15, 0.2) is 9.84 Å². The second kappa shape index (κ2) is 6.41. The number of hydrogen-bond donors (Lipinski definition) is 3. The third-order valence-electron chi connectivity index (χ3n) is 3.81. The lowest BCUT2D eigenvalue weighted by molar-refractivity contribution is 0.250. The molecule has 23 heavy (non-hydrogen) atoms. The number of rotatable bonds is 4. The Balaban J connectivity index is 1.55. The van der Waals surface area contributed by atoms with Gasteiger partial charge in [-0.2, -0.15) is 0 Å². The van der Waals surface area contributed by atoms with E-state index in [0.717, 1.165) is 11.3 Å². The van der Waals surface area contributed by atoms with Crippen LogP contribution in [0.15, 0.2) is 36.8 Å². The SMILES string of the molecule is O=C(NC[C@@H]1CCS(=O)(=O)C1)Nc1cccc(-c2cnc[nH]2)c1. The number of hydrogen-bond acceptors (Lipinski definition) is 4. The molecule has 1 aliphatic heterocycles. The number of benzene rings is 1. The fourth-order valence-corrected chi connectivity index (χ4v) is 4.49. The summed E-state index contributed by atoms with van der Waals surface area (Å²) in [6.07, 6.45) is 3.91. The van der Waals surface area contributed by atoms with Gasteiger partial charge in [0.2, 0.25) is 0 Å². The lowest BCUT2D eigenvalue weighted by Gasteiger charge is -2.11. The fraction of sp³-hybridized carbons (Fsp3) is 0.333. The van der Waals surface area contributed by atoms with Gasteiger partial charge in [0.05, 0.1) is 29.7 Å². The van der Waals surface area contributed by atoms with Crippen LogP contribution in [0.4, 0.5) is 10.5 Å². The summed E-state index contributed by atoms with van der Waals surface area (Å²) >= 11 is 0. The van der Waals surface area contributed by atoms with Crippen molar-refractivity contribution in [3.63, 3.8) is 0 Å². The zero-order valence-electron chi connectivity index (χ0n) is 12.5. The first-order chi connectivity index (χ1) is 11.0. The molecule has 3 N–H and O–H groups in total. The minimum atomic E-state index is -2.91. The van der Waals surface area contributed by atoms with E-state index in [9.17, 15) is 13.2 Å². The molecule has 2 heterocycles. The Bertz CT molecular complexity index is 787. The normalized spacial score (nSPS) is 19.4. The Morgan fingerprint density at radius 2 is 2.26 bits per heavy atom. The van der Waals surface area contributed by atoms with E-state index in [4.69, 9.17) is 0 Å². The van der Waals surface area contributed by atoms with Crippen LogP contribution in [-0.2, 0) is 9.84 Å². The number of amides is 2. The van der Waals surface area contributed by atoms with Crippen LogP contribution in [0.25, 0.3) is 11.3 Å². The maximum absolute atomic E-state index is 11.9. The van der Waals surface area contributed by atoms with E-state index in [0.29, 0.717) is 18.7 Å². The zero-order chi connectivity index (χ0) is 16.3. The number of carbonyl (C=O) groups is 1. The van der Waals surface area contributed by atoms with Gasteiger partial charge >= 0.3 is 6.03 Å². The minimum Gasteiger partial charge on any atom is -0.345 e. The summed E-state index contributed by atoms with van der Waals surface area (Å²) in [6.45, 7) is 0.366. The largest absolute Gasteiger partial charge is 0.345 e. The average Bonchev–Trinajstić information content (AvgIpc) is 3.15. The summed E-state index contributed by atoms with van der Waals surface area (Å²) in [7, 11) is -2.91. The molecule has 0 unspecified atom stereocenters. The average molecular weight is 334 g/mol. The maximum atomic E-state index is 11.9. The van der Waals surface area contributed by atoms with Crippen molar-refractivity contribution in [2.75, 3.05) is 23.4 Å². The van der Waals surface area contributed by atoms with Crippen LogP contribution in [-0.4, -0.2) is 42.5 Å². The Morgan fingerprint density at radius 1 is 1.39 bits per heavy atom. The van der Waals surface area contributed by atoms with Gasteiger partial charge in [0, 0.05) is 17.8 Å². The highest BCUT2D eigenvalue weighted by Gasteiger charge is 2.27. The lowest BCUT2D eigenvalue weighted by Crippen LogP contribution is -2.33. The number of sulfone groups is 1. The third-order valence-corrected chi connectivity index (χ3v) is 5.64. The molecule has 2 aromatic rings. The highest BCUT2D eigenvalue weighted by molar-refractivity contribution is 7.91. The molecule has 1 aliphatic rings. The van der Waals surface area contributed by atoms with Crippen molar-refractivity contribution < 1.29 is 13.2 Å². The van der Waals surface area contributed by atoms with Crippen molar-refractivity contribution >= 4 is 21.6 Å². The number of aromatic nitrogens is 2. The molecule has 3 rings (SSSR count). The minimum absolute atomic E-state index is 0.00192. The maximum Gasteiger partial charge on any atom is 0.319 e. The molecule has 0 spiro atoms. The van der Waals surface area contributed by atoms with Crippen LogP contribution in [0.1, 0.15) is 6.42 Å². The molecule has 1 aromatic heterocycles. The smallest absolute Gasteiger partial charge is 0.319 e. The monoisotopic (exact) mass is 334 g/mol. The first-order valence-electron chi connectivity index (χ1n) is 7.36. The molecule has 0 saturated carbocycles. The molecule has 0 radical (unpaired) electrons. The van der Waals surface area contributed by atoms with E-state index in [-0.39, 0.29) is 23.5 Å². The van der Waals surface area contributed by atoms with Gasteiger partial charge in [0.1, 0.15) is 0 Å². The lowest BCUT2D eigenvalue weighted by atomic mass is 10.1. The van der Waals surface area contributed by atoms with Crippen LogP contribution in [0.5, 0.6) is 0 Å². The molecule has 1 atom stereocenters. The summed E-state index contributed by atoms with van der Waals surface area (Å²) in [5, 5.41) is 5.49. The highest BCUT2D eigenvalue weighted by atomic mass is 32.2. The van der Waals surface area contributed by atoms with Gasteiger partial charge in [-0.1, -0.05) is 12.1 Å². The Labute approximate surface area is 134 Å². The molecule has 122 valence electrons. The quantitative estimate of drug-likeness (QED) is 0.790. The molecule has 2 amide bonds. The number of imidazole rings is 1. The van der Waals surface area contributed by atoms with E-state index in [1.807, 2.05) is 18.2 Å². The standard InChI is InChI=1S/C15H18N4O3S/c20-15(17-7-11-4-5-23(21,22)9-11)19-13-3-1-2-12(6-13)14-8-16-10-18-14/h1-3,6,8,10-11H,4-5,7,9H2,(H,16,18)(H2,17,19,20)/t11-/m0/s1. The van der Waals surface area contributed by atoms with Gasteiger partial charge < -0.3 is 15.6 Å². The van der Waals surface area contributed by atoms with E-state index in [2.05, 4.69) is 20.6 Å². The van der Waals surface area contributed by atoms with Gasteiger partial charge in [-0.25, -0.2) is 18.2 Å². The fourth-order valence-electron chi connectivity index (χ4n) is 2.62. The number of urea groups is 1. The van der Waals surface area contributed by atoms with Crippen LogP contribution in [0.2, 0.25) is 0 Å². The zero-order valence-corrected chi connectivity index (χ0v) is 13.3. The predicted octanol–water partition coefficient (Wildman–Crippen LogP) is 1.63. The molecule has 8 heteroatoms. The van der Waals surface area contributed by atoms with Crippen molar-refractivity contribution in [2.24, 2.45) is 5.92 Å². The molecular formula is C15H18N4O3S. The number of H-pyrrole nitrogens is 1.